The van der Waals surface area contributed by atoms with Gasteiger partial charge in [0.05, 0.1) is 13.7 Å². The van der Waals surface area contributed by atoms with Crippen molar-refractivity contribution >= 4 is 21.6 Å². The van der Waals surface area contributed by atoms with Gasteiger partial charge in [-0.05, 0) is 74.6 Å². The van der Waals surface area contributed by atoms with Crippen LogP contribution in [0.25, 0.3) is 0 Å². The number of hydrogen-bond donors (Lipinski definition) is 1. The minimum atomic E-state index is -3.92. The molecule has 0 unspecified atom stereocenters. The van der Waals surface area contributed by atoms with Crippen LogP contribution in [0.3, 0.4) is 0 Å². The Morgan fingerprint density at radius 2 is 1.65 bits per heavy atom. The number of carbonyl (C=O) groups is 1. The quantitative estimate of drug-likeness (QED) is 0.678. The average molecular weight is 445 g/mol. The summed E-state index contributed by atoms with van der Waals surface area (Å²) in [6, 6.07) is 10.7. The number of aryl methyl sites for hydroxylation is 3. The summed E-state index contributed by atoms with van der Waals surface area (Å²) in [5, 5.41) is 2.88. The van der Waals surface area contributed by atoms with E-state index in [1.54, 1.807) is 12.1 Å². The van der Waals surface area contributed by atoms with Gasteiger partial charge >= 0.3 is 0 Å². The third-order valence-electron chi connectivity index (χ3n) is 5.69. The number of carbonyl (C=O) groups excluding carboxylic acids is 1. The summed E-state index contributed by atoms with van der Waals surface area (Å²) in [5.74, 6) is -0.0492. The van der Waals surface area contributed by atoms with Gasteiger partial charge in [0.1, 0.15) is 10.6 Å². The molecule has 0 aliphatic heterocycles. The second kappa shape index (κ2) is 9.83. The van der Waals surface area contributed by atoms with E-state index < -0.39 is 10.0 Å². The molecule has 6 nitrogen and oxygen atoms in total. The second-order valence-corrected chi connectivity index (χ2v) is 10.3. The molecule has 0 aromatic heterocycles. The Morgan fingerprint density at radius 3 is 2.26 bits per heavy atom. The SMILES string of the molecule is COc1ccc(C)cc1S(=O)(=O)N(CC(=O)Nc1cc(C)cc(C)c1)C1CCCCC1. The number of rotatable bonds is 7. The summed E-state index contributed by atoms with van der Waals surface area (Å²) in [5.41, 5.74) is 3.58. The highest BCUT2D eigenvalue weighted by Crippen LogP contribution is 2.32. The number of anilines is 1. The Hall–Kier alpha value is -2.38. The third kappa shape index (κ3) is 5.66. The maximum atomic E-state index is 13.7. The first-order valence-electron chi connectivity index (χ1n) is 10.8. The number of amides is 1. The fourth-order valence-corrected chi connectivity index (χ4v) is 6.16. The van der Waals surface area contributed by atoms with Crippen LogP contribution in [0.4, 0.5) is 5.69 Å². The van der Waals surface area contributed by atoms with Gasteiger partial charge in [-0.15, -0.1) is 0 Å². The average Bonchev–Trinajstić information content (AvgIpc) is 2.71. The van der Waals surface area contributed by atoms with Crippen molar-refractivity contribution in [3.05, 3.63) is 53.1 Å². The van der Waals surface area contributed by atoms with Crippen LogP contribution in [-0.4, -0.2) is 38.3 Å². The molecule has 2 aromatic carbocycles. The minimum absolute atomic E-state index is 0.111. The zero-order valence-corrected chi connectivity index (χ0v) is 19.6. The molecule has 1 saturated carbocycles. The molecule has 1 fully saturated rings. The van der Waals surface area contributed by atoms with Crippen LogP contribution in [0.15, 0.2) is 41.3 Å². The van der Waals surface area contributed by atoms with Crippen molar-refractivity contribution in [2.45, 2.75) is 63.8 Å². The van der Waals surface area contributed by atoms with E-state index in [0.717, 1.165) is 48.8 Å². The lowest BCUT2D eigenvalue weighted by Gasteiger charge is -2.33. The Labute approximate surface area is 185 Å². The normalized spacial score (nSPS) is 15.1. The number of sulfonamides is 1. The highest BCUT2D eigenvalue weighted by Gasteiger charge is 2.35. The van der Waals surface area contributed by atoms with Gasteiger partial charge in [-0.25, -0.2) is 8.42 Å². The summed E-state index contributed by atoms with van der Waals surface area (Å²) >= 11 is 0. The van der Waals surface area contributed by atoms with E-state index in [0.29, 0.717) is 11.4 Å². The van der Waals surface area contributed by atoms with Crippen LogP contribution in [0.2, 0.25) is 0 Å². The lowest BCUT2D eigenvalue weighted by Crippen LogP contribution is -2.45. The Kier molecular flexibility index (Phi) is 7.38. The van der Waals surface area contributed by atoms with E-state index in [2.05, 4.69) is 5.32 Å². The van der Waals surface area contributed by atoms with Crippen LogP contribution >= 0.6 is 0 Å². The van der Waals surface area contributed by atoms with Gasteiger partial charge in [0.25, 0.3) is 0 Å². The van der Waals surface area contributed by atoms with E-state index >= 15 is 0 Å². The Morgan fingerprint density at radius 1 is 1.00 bits per heavy atom. The van der Waals surface area contributed by atoms with Crippen molar-refractivity contribution < 1.29 is 17.9 Å². The fourth-order valence-electron chi connectivity index (χ4n) is 4.28. The Balaban J connectivity index is 1.92. The third-order valence-corrected chi connectivity index (χ3v) is 7.61. The first-order chi connectivity index (χ1) is 14.7. The van der Waals surface area contributed by atoms with E-state index in [4.69, 9.17) is 4.74 Å². The monoisotopic (exact) mass is 444 g/mol. The molecule has 1 aliphatic rings. The molecule has 168 valence electrons. The summed E-state index contributed by atoms with van der Waals surface area (Å²) in [6.45, 7) is 5.55. The van der Waals surface area contributed by atoms with Crippen LogP contribution < -0.4 is 10.1 Å². The van der Waals surface area contributed by atoms with Crippen molar-refractivity contribution in [2.24, 2.45) is 0 Å². The van der Waals surface area contributed by atoms with Gasteiger partial charge < -0.3 is 10.1 Å². The lowest BCUT2D eigenvalue weighted by atomic mass is 9.95. The van der Waals surface area contributed by atoms with E-state index in [1.165, 1.54) is 11.4 Å². The second-order valence-electron chi connectivity index (χ2n) is 8.42. The maximum absolute atomic E-state index is 13.7. The highest BCUT2D eigenvalue weighted by molar-refractivity contribution is 7.89. The summed E-state index contributed by atoms with van der Waals surface area (Å²) in [6.07, 6.45) is 4.52. The standard InChI is InChI=1S/C24H32N2O4S/c1-17-10-11-22(30-4)23(15-17)31(28,29)26(21-8-6-5-7-9-21)16-24(27)25-20-13-18(2)12-19(3)14-20/h10-15,21H,5-9,16H2,1-4H3,(H,25,27). The van der Waals surface area contributed by atoms with Crippen molar-refractivity contribution in [1.29, 1.82) is 0 Å². The number of methoxy groups -OCH3 is 1. The predicted molar refractivity (Wildman–Crippen MR) is 123 cm³/mol. The lowest BCUT2D eigenvalue weighted by molar-refractivity contribution is -0.116. The zero-order chi connectivity index (χ0) is 22.6. The van der Waals surface area contributed by atoms with E-state index in [9.17, 15) is 13.2 Å². The number of benzene rings is 2. The first kappa shape index (κ1) is 23.3. The molecule has 3 rings (SSSR count). The van der Waals surface area contributed by atoms with Gasteiger partial charge in [0.15, 0.2) is 0 Å². The van der Waals surface area contributed by atoms with Crippen molar-refractivity contribution in [1.82, 2.24) is 4.31 Å². The molecule has 1 amide bonds. The molecule has 7 heteroatoms. The van der Waals surface area contributed by atoms with Gasteiger partial charge in [-0.2, -0.15) is 4.31 Å². The Bertz CT molecular complexity index is 1020. The van der Waals surface area contributed by atoms with Crippen LogP contribution in [0, 0.1) is 20.8 Å². The number of nitrogens with zero attached hydrogens (tertiary/aromatic N) is 1. The maximum Gasteiger partial charge on any atom is 0.247 e. The molecule has 1 aliphatic carbocycles. The molecule has 31 heavy (non-hydrogen) atoms. The summed E-state index contributed by atoms with van der Waals surface area (Å²) in [7, 11) is -2.46. The molecular weight excluding hydrogens is 412 g/mol. The molecular formula is C24H32N2O4S. The number of hydrogen-bond acceptors (Lipinski definition) is 4. The largest absolute Gasteiger partial charge is 0.495 e. The van der Waals surface area contributed by atoms with E-state index in [1.807, 2.05) is 45.0 Å². The summed E-state index contributed by atoms with van der Waals surface area (Å²) in [4.78, 5) is 13.0. The van der Waals surface area contributed by atoms with Crippen molar-refractivity contribution in [2.75, 3.05) is 19.0 Å². The smallest absolute Gasteiger partial charge is 0.247 e. The molecule has 1 N–H and O–H groups in total. The van der Waals surface area contributed by atoms with Gasteiger partial charge in [0, 0.05) is 11.7 Å². The van der Waals surface area contributed by atoms with Gasteiger partial charge in [-0.3, -0.25) is 4.79 Å². The topological polar surface area (TPSA) is 75.7 Å². The molecule has 2 aromatic rings. The van der Waals surface area contributed by atoms with Crippen LogP contribution in [0.1, 0.15) is 48.8 Å². The highest BCUT2D eigenvalue weighted by atomic mass is 32.2. The molecule has 0 bridgehead atoms. The minimum Gasteiger partial charge on any atom is -0.495 e. The molecule has 0 saturated heterocycles. The molecule has 0 atom stereocenters. The van der Waals surface area contributed by atoms with Crippen LogP contribution in [0.5, 0.6) is 5.75 Å². The van der Waals surface area contributed by atoms with E-state index in [-0.39, 0.29) is 23.4 Å². The molecule has 0 radical (unpaired) electrons. The number of nitrogens with one attached hydrogen (secondary N) is 1. The van der Waals surface area contributed by atoms with Crippen LogP contribution in [-0.2, 0) is 14.8 Å². The van der Waals surface area contributed by atoms with Gasteiger partial charge in [0.2, 0.25) is 15.9 Å². The molecule has 0 heterocycles. The zero-order valence-electron chi connectivity index (χ0n) is 18.8. The van der Waals surface area contributed by atoms with Crippen molar-refractivity contribution in [3.8, 4) is 5.75 Å². The fraction of sp³-hybridized carbons (Fsp3) is 0.458. The van der Waals surface area contributed by atoms with Crippen molar-refractivity contribution in [3.63, 3.8) is 0 Å². The molecule has 0 spiro atoms. The number of ether oxygens (including phenoxy) is 1. The van der Waals surface area contributed by atoms with Gasteiger partial charge in [-0.1, -0.05) is 31.4 Å². The summed E-state index contributed by atoms with van der Waals surface area (Å²) < 4.78 is 34.2. The predicted octanol–water partition coefficient (Wildman–Crippen LogP) is 4.58. The first-order valence-corrected chi connectivity index (χ1v) is 12.2.